The topological polar surface area (TPSA) is 35.2 Å². The zero-order valence-electron chi connectivity index (χ0n) is 10.9. The molecule has 1 aliphatic rings. The highest BCUT2D eigenvalue weighted by Gasteiger charge is 2.20. The third kappa shape index (κ3) is 2.51. The molecule has 0 aliphatic carbocycles. The van der Waals surface area contributed by atoms with Crippen LogP contribution in [0.5, 0.6) is 5.75 Å². The molecule has 3 rings (SSSR count). The van der Waals surface area contributed by atoms with Crippen molar-refractivity contribution < 1.29 is 4.74 Å². The first kappa shape index (κ1) is 13.7. The van der Waals surface area contributed by atoms with Crippen LogP contribution >= 0.6 is 23.2 Å². The fraction of sp³-hybridized carbons (Fsp3) is 0.250. The van der Waals surface area contributed by atoms with Gasteiger partial charge in [0.25, 0.3) is 0 Å². The van der Waals surface area contributed by atoms with Gasteiger partial charge in [0.05, 0.1) is 22.7 Å². The van der Waals surface area contributed by atoms with Gasteiger partial charge in [-0.2, -0.15) is 0 Å². The van der Waals surface area contributed by atoms with Gasteiger partial charge in [-0.1, -0.05) is 47.5 Å². The standard InChI is InChI=1S/C16H15Cl2NO/c17-13-7-6-11(9-14(13)18)15(19)12-5-1-3-10-4-2-8-20-16(10)12/h1,3,5-7,9,15H,2,4,8,19H2. The number of hydrogen-bond donors (Lipinski definition) is 1. The lowest BCUT2D eigenvalue weighted by molar-refractivity contribution is 0.284. The molecule has 0 saturated carbocycles. The van der Waals surface area contributed by atoms with E-state index in [1.807, 2.05) is 24.3 Å². The van der Waals surface area contributed by atoms with E-state index in [0.29, 0.717) is 10.0 Å². The Bertz CT molecular complexity index is 642. The largest absolute Gasteiger partial charge is 0.493 e. The van der Waals surface area contributed by atoms with Crippen molar-refractivity contribution in [2.24, 2.45) is 5.73 Å². The van der Waals surface area contributed by atoms with Gasteiger partial charge in [0.2, 0.25) is 0 Å². The van der Waals surface area contributed by atoms with Crippen LogP contribution in [0.3, 0.4) is 0 Å². The third-order valence-corrected chi connectivity index (χ3v) is 4.34. The summed E-state index contributed by atoms with van der Waals surface area (Å²) in [5, 5.41) is 1.05. The van der Waals surface area contributed by atoms with E-state index in [1.165, 1.54) is 5.56 Å². The molecule has 2 nitrogen and oxygen atoms in total. The second kappa shape index (κ2) is 5.65. The molecule has 2 aromatic carbocycles. The molecule has 0 fully saturated rings. The van der Waals surface area contributed by atoms with E-state index in [9.17, 15) is 0 Å². The molecule has 1 aliphatic heterocycles. The maximum atomic E-state index is 6.38. The Hall–Kier alpha value is -1.22. The van der Waals surface area contributed by atoms with Crippen LogP contribution in [0.25, 0.3) is 0 Å². The first-order chi connectivity index (χ1) is 9.66. The van der Waals surface area contributed by atoms with Gasteiger partial charge in [-0.25, -0.2) is 0 Å². The molecule has 1 heterocycles. The summed E-state index contributed by atoms with van der Waals surface area (Å²) in [5.74, 6) is 0.928. The van der Waals surface area contributed by atoms with Gasteiger partial charge in [0, 0.05) is 5.56 Å². The Morgan fingerprint density at radius 1 is 1.10 bits per heavy atom. The number of aryl methyl sites for hydroxylation is 1. The SMILES string of the molecule is NC(c1ccc(Cl)c(Cl)c1)c1cccc2c1OCCC2. The summed E-state index contributed by atoms with van der Waals surface area (Å²) < 4.78 is 5.81. The smallest absolute Gasteiger partial charge is 0.127 e. The Morgan fingerprint density at radius 3 is 2.75 bits per heavy atom. The molecule has 104 valence electrons. The van der Waals surface area contributed by atoms with E-state index >= 15 is 0 Å². The molecular formula is C16H15Cl2NO. The lowest BCUT2D eigenvalue weighted by Crippen LogP contribution is -2.17. The van der Waals surface area contributed by atoms with Crippen LogP contribution in [-0.2, 0) is 6.42 Å². The Balaban J connectivity index is 2.02. The third-order valence-electron chi connectivity index (χ3n) is 3.60. The molecule has 2 aromatic rings. The van der Waals surface area contributed by atoms with Crippen molar-refractivity contribution in [1.82, 2.24) is 0 Å². The molecule has 2 N–H and O–H groups in total. The van der Waals surface area contributed by atoms with Crippen LogP contribution in [-0.4, -0.2) is 6.61 Å². The second-order valence-corrected chi connectivity index (χ2v) is 5.75. The number of benzene rings is 2. The molecule has 0 radical (unpaired) electrons. The molecule has 20 heavy (non-hydrogen) atoms. The van der Waals surface area contributed by atoms with Crippen LogP contribution in [0.4, 0.5) is 0 Å². The Morgan fingerprint density at radius 2 is 1.95 bits per heavy atom. The number of rotatable bonds is 2. The number of ether oxygens (including phenoxy) is 1. The molecule has 1 unspecified atom stereocenters. The number of hydrogen-bond acceptors (Lipinski definition) is 2. The van der Waals surface area contributed by atoms with E-state index < -0.39 is 0 Å². The summed E-state index contributed by atoms with van der Waals surface area (Å²) in [6, 6.07) is 11.4. The number of para-hydroxylation sites is 1. The molecule has 4 heteroatoms. The highest BCUT2D eigenvalue weighted by Crippen LogP contribution is 2.35. The minimum Gasteiger partial charge on any atom is -0.493 e. The van der Waals surface area contributed by atoms with Crippen LogP contribution in [0.1, 0.15) is 29.2 Å². The molecule has 0 amide bonds. The maximum absolute atomic E-state index is 6.38. The number of halogens is 2. The second-order valence-electron chi connectivity index (χ2n) is 4.94. The van der Waals surface area contributed by atoms with Crippen molar-refractivity contribution in [2.45, 2.75) is 18.9 Å². The van der Waals surface area contributed by atoms with Gasteiger partial charge in [0.15, 0.2) is 0 Å². The zero-order chi connectivity index (χ0) is 14.1. The first-order valence-corrected chi connectivity index (χ1v) is 7.37. The normalized spacial score (nSPS) is 15.3. The Labute approximate surface area is 128 Å². The lowest BCUT2D eigenvalue weighted by Gasteiger charge is -2.23. The molecule has 0 spiro atoms. The zero-order valence-corrected chi connectivity index (χ0v) is 12.4. The molecular weight excluding hydrogens is 293 g/mol. The summed E-state index contributed by atoms with van der Waals surface area (Å²) in [7, 11) is 0. The molecule has 0 aromatic heterocycles. The molecule has 1 atom stereocenters. The summed E-state index contributed by atoms with van der Waals surface area (Å²) >= 11 is 12.0. The van der Waals surface area contributed by atoms with Gasteiger partial charge in [-0.3, -0.25) is 0 Å². The van der Waals surface area contributed by atoms with Crippen molar-refractivity contribution in [3.63, 3.8) is 0 Å². The van der Waals surface area contributed by atoms with E-state index in [1.54, 1.807) is 6.07 Å². The summed E-state index contributed by atoms with van der Waals surface area (Å²) in [5.41, 5.74) is 9.54. The van der Waals surface area contributed by atoms with Gasteiger partial charge >= 0.3 is 0 Å². The molecule has 0 bridgehead atoms. The van der Waals surface area contributed by atoms with Crippen LogP contribution < -0.4 is 10.5 Å². The summed E-state index contributed by atoms with van der Waals surface area (Å²) in [6.45, 7) is 0.748. The Kier molecular flexibility index (Phi) is 3.88. The monoisotopic (exact) mass is 307 g/mol. The minimum absolute atomic E-state index is 0.266. The van der Waals surface area contributed by atoms with Crippen molar-refractivity contribution >= 4 is 23.2 Å². The van der Waals surface area contributed by atoms with E-state index in [4.69, 9.17) is 33.7 Å². The minimum atomic E-state index is -0.266. The van der Waals surface area contributed by atoms with Gasteiger partial charge in [-0.05, 0) is 36.1 Å². The van der Waals surface area contributed by atoms with Crippen LogP contribution in [0.2, 0.25) is 10.0 Å². The fourth-order valence-electron chi connectivity index (χ4n) is 2.54. The van der Waals surface area contributed by atoms with Crippen molar-refractivity contribution in [2.75, 3.05) is 6.61 Å². The van der Waals surface area contributed by atoms with Crippen molar-refractivity contribution in [3.8, 4) is 5.75 Å². The van der Waals surface area contributed by atoms with Gasteiger partial charge < -0.3 is 10.5 Å². The fourth-order valence-corrected chi connectivity index (χ4v) is 2.85. The lowest BCUT2D eigenvalue weighted by atomic mass is 9.94. The highest BCUT2D eigenvalue weighted by atomic mass is 35.5. The highest BCUT2D eigenvalue weighted by molar-refractivity contribution is 6.42. The van der Waals surface area contributed by atoms with Gasteiger partial charge in [-0.15, -0.1) is 0 Å². The van der Waals surface area contributed by atoms with Gasteiger partial charge in [0.1, 0.15) is 5.75 Å². The summed E-state index contributed by atoms with van der Waals surface area (Å²) in [4.78, 5) is 0. The maximum Gasteiger partial charge on any atom is 0.127 e. The van der Waals surface area contributed by atoms with Crippen molar-refractivity contribution in [3.05, 3.63) is 63.1 Å². The average molecular weight is 308 g/mol. The van der Waals surface area contributed by atoms with Crippen LogP contribution in [0.15, 0.2) is 36.4 Å². The van der Waals surface area contributed by atoms with Crippen molar-refractivity contribution in [1.29, 1.82) is 0 Å². The number of nitrogens with two attached hydrogens (primary N) is 1. The predicted molar refractivity (Wildman–Crippen MR) is 82.8 cm³/mol. The van der Waals surface area contributed by atoms with Crippen LogP contribution in [0, 0.1) is 0 Å². The molecule has 0 saturated heterocycles. The quantitative estimate of drug-likeness (QED) is 0.894. The van der Waals surface area contributed by atoms with E-state index in [0.717, 1.165) is 36.3 Å². The van der Waals surface area contributed by atoms with E-state index in [-0.39, 0.29) is 6.04 Å². The predicted octanol–water partition coefficient (Wildman–Crippen LogP) is 4.37. The summed E-state index contributed by atoms with van der Waals surface area (Å²) in [6.07, 6.45) is 2.09. The first-order valence-electron chi connectivity index (χ1n) is 6.62. The average Bonchev–Trinajstić information content (AvgIpc) is 2.49. The van der Waals surface area contributed by atoms with E-state index in [2.05, 4.69) is 6.07 Å². The number of fused-ring (bicyclic) bond motifs is 1.